The van der Waals surface area contributed by atoms with Crippen molar-refractivity contribution in [3.05, 3.63) is 30.3 Å². The van der Waals surface area contributed by atoms with Gasteiger partial charge in [-0.25, -0.2) is 4.90 Å². The second-order valence-corrected chi connectivity index (χ2v) is 5.19. The minimum atomic E-state index is -1.83. The van der Waals surface area contributed by atoms with E-state index < -0.39 is 32.8 Å². The molecule has 6 nitrogen and oxygen atoms in total. The van der Waals surface area contributed by atoms with Crippen LogP contribution in [0.3, 0.4) is 0 Å². The normalized spacial score (nSPS) is 11.3. The second kappa shape index (κ2) is 6.83. The van der Waals surface area contributed by atoms with Crippen molar-refractivity contribution < 1.29 is 24.4 Å². The molecule has 0 radical (unpaired) electrons. The van der Waals surface area contributed by atoms with Crippen molar-refractivity contribution in [1.29, 1.82) is 0 Å². The molecule has 0 bridgehead atoms. The van der Waals surface area contributed by atoms with E-state index in [2.05, 4.69) is 0 Å². The average molecular weight is 270 g/mol. The van der Waals surface area contributed by atoms with E-state index in [1.54, 1.807) is 30.3 Å². The van der Waals surface area contributed by atoms with Crippen LogP contribution >= 0.6 is 7.80 Å². The number of aliphatic carboxylic acids is 2. The van der Waals surface area contributed by atoms with Gasteiger partial charge in [-0.3, -0.25) is 9.59 Å². The number of carboxylic acids is 2. The predicted molar refractivity (Wildman–Crippen MR) is 65.4 cm³/mol. The molecule has 1 atom stereocenters. The summed E-state index contributed by atoms with van der Waals surface area (Å²) in [7, 11) is -1.83. The molecule has 7 heteroatoms. The third-order valence-corrected chi connectivity index (χ3v) is 3.62. The fourth-order valence-corrected chi connectivity index (χ4v) is 2.63. The van der Waals surface area contributed by atoms with E-state index in [0.717, 1.165) is 4.90 Å². The van der Waals surface area contributed by atoms with Crippen LogP contribution in [-0.4, -0.2) is 46.4 Å². The number of nitrogens with zero attached hydrogens (tertiary/aromatic N) is 1. The molecule has 0 amide bonds. The molecule has 0 aliphatic rings. The lowest BCUT2D eigenvalue weighted by molar-refractivity contribution is -0.141. The van der Waals surface area contributed by atoms with Crippen LogP contribution in [0.15, 0.2) is 30.3 Å². The zero-order chi connectivity index (χ0) is 13.5. The van der Waals surface area contributed by atoms with Gasteiger partial charge in [0.25, 0.3) is 0 Å². The summed E-state index contributed by atoms with van der Waals surface area (Å²) in [5.41, 5.74) is 0. The number of carboxylic acid groups (broad SMARTS) is 2. The molecule has 0 aliphatic carbocycles. The maximum atomic E-state index is 11.9. The second-order valence-electron chi connectivity index (χ2n) is 3.63. The molecule has 1 aromatic rings. The number of rotatable bonds is 7. The number of benzene rings is 1. The van der Waals surface area contributed by atoms with Crippen molar-refractivity contribution in [2.75, 3.05) is 19.4 Å². The van der Waals surface area contributed by atoms with Gasteiger partial charge < -0.3 is 10.2 Å². The van der Waals surface area contributed by atoms with Crippen LogP contribution in [0.25, 0.3) is 0 Å². The van der Waals surface area contributed by atoms with E-state index in [0.29, 0.717) is 5.30 Å². The van der Waals surface area contributed by atoms with E-state index in [4.69, 9.17) is 10.2 Å². The molecule has 1 rings (SSSR count). The van der Waals surface area contributed by atoms with E-state index in [1.165, 1.54) is 0 Å². The van der Waals surface area contributed by atoms with Gasteiger partial charge in [-0.1, -0.05) is 22.8 Å². The Hall–Kier alpha value is -1.78. The Labute approximate surface area is 105 Å². The first kappa shape index (κ1) is 14.3. The molecule has 2 N–H and O–H groups in total. The first-order chi connectivity index (χ1) is 8.49. The Balaban J connectivity index is 2.68. The zero-order valence-corrected chi connectivity index (χ0v) is 10.4. The Kier molecular flexibility index (Phi) is 5.42. The smallest absolute Gasteiger partial charge is 0.392 e. The molecule has 96 valence electrons. The van der Waals surface area contributed by atoms with E-state index in [9.17, 15) is 14.2 Å². The lowest BCUT2D eigenvalue weighted by Crippen LogP contribution is -2.34. The minimum absolute atomic E-state index is 0.0854. The van der Waals surface area contributed by atoms with E-state index in [-0.39, 0.29) is 6.29 Å². The molecule has 1 aromatic carbocycles. The lowest BCUT2D eigenvalue weighted by Gasteiger charge is -2.11. The summed E-state index contributed by atoms with van der Waals surface area (Å²) in [4.78, 5) is 22.3. The molecule has 18 heavy (non-hydrogen) atoms. The van der Waals surface area contributed by atoms with E-state index >= 15 is 0 Å². The number of hydrogen-bond donors (Lipinski definition) is 2. The van der Waals surface area contributed by atoms with Gasteiger partial charge in [-0.2, -0.15) is 0 Å². The first-order valence-corrected chi connectivity index (χ1v) is 6.59. The van der Waals surface area contributed by atoms with Crippen LogP contribution in [0.5, 0.6) is 0 Å². The molecule has 0 fully saturated rings. The number of hydrogen-bond acceptors (Lipinski definition) is 4. The quantitative estimate of drug-likeness (QED) is 0.703. The largest absolute Gasteiger partial charge is 0.480 e. The summed E-state index contributed by atoms with van der Waals surface area (Å²) >= 11 is 0. The van der Waals surface area contributed by atoms with Crippen LogP contribution in [0, 0.1) is 0 Å². The highest BCUT2D eigenvalue weighted by molar-refractivity contribution is 7.53. The van der Waals surface area contributed by atoms with Crippen molar-refractivity contribution in [2.45, 2.75) is 0 Å². The Bertz CT molecular complexity index is 432. The average Bonchev–Trinajstić information content (AvgIpc) is 2.28. The Morgan fingerprint density at radius 2 is 1.56 bits per heavy atom. The maximum absolute atomic E-state index is 11.9. The van der Waals surface area contributed by atoms with Crippen molar-refractivity contribution in [3.63, 3.8) is 0 Å². The van der Waals surface area contributed by atoms with Gasteiger partial charge in [-0.15, -0.1) is 0 Å². The van der Waals surface area contributed by atoms with Crippen LogP contribution in [0.1, 0.15) is 0 Å². The van der Waals surface area contributed by atoms with Crippen LogP contribution in [0.4, 0.5) is 0 Å². The van der Waals surface area contributed by atoms with Gasteiger partial charge in [0.05, 0.1) is 0 Å². The van der Waals surface area contributed by atoms with Gasteiger partial charge in [0.2, 0.25) is 6.29 Å². The van der Waals surface area contributed by atoms with Crippen LogP contribution in [0.2, 0.25) is 0 Å². The summed E-state index contributed by atoms with van der Waals surface area (Å²) in [5.74, 6) is -2.29. The molecular weight excluding hydrogens is 257 g/mol. The van der Waals surface area contributed by atoms with Crippen molar-refractivity contribution in [2.24, 2.45) is 0 Å². The molecular formula is C11H13NO5P+. The Morgan fingerprint density at radius 1 is 1.06 bits per heavy atom. The van der Waals surface area contributed by atoms with Gasteiger partial charge >= 0.3 is 19.7 Å². The van der Waals surface area contributed by atoms with Gasteiger partial charge in [0, 0.05) is 0 Å². The third kappa shape index (κ3) is 5.03. The zero-order valence-electron chi connectivity index (χ0n) is 9.52. The summed E-state index contributed by atoms with van der Waals surface area (Å²) in [6, 6.07) is 8.55. The highest BCUT2D eigenvalue weighted by Gasteiger charge is 2.26. The number of carbonyl (C=O) groups is 2. The van der Waals surface area contributed by atoms with Crippen molar-refractivity contribution >= 4 is 25.0 Å². The third-order valence-electron chi connectivity index (χ3n) is 2.09. The van der Waals surface area contributed by atoms with Crippen molar-refractivity contribution in [1.82, 2.24) is 4.90 Å². The fraction of sp³-hybridized carbons (Fsp3) is 0.273. The highest BCUT2D eigenvalue weighted by Crippen LogP contribution is 2.20. The van der Waals surface area contributed by atoms with Crippen molar-refractivity contribution in [3.8, 4) is 0 Å². The van der Waals surface area contributed by atoms with Crippen LogP contribution < -0.4 is 5.30 Å². The molecule has 0 saturated heterocycles. The van der Waals surface area contributed by atoms with Gasteiger partial charge in [-0.05, 0) is 12.1 Å². The van der Waals surface area contributed by atoms with Gasteiger partial charge in [0.15, 0.2) is 5.30 Å². The Morgan fingerprint density at radius 3 is 2.00 bits per heavy atom. The molecule has 0 aliphatic heterocycles. The topological polar surface area (TPSA) is 94.9 Å². The van der Waals surface area contributed by atoms with Crippen LogP contribution in [-0.2, 0) is 14.2 Å². The molecule has 1 unspecified atom stereocenters. The first-order valence-electron chi connectivity index (χ1n) is 5.14. The fourth-order valence-electron chi connectivity index (χ4n) is 1.40. The summed E-state index contributed by atoms with van der Waals surface area (Å²) in [6.07, 6.45) is -0.0854. The standard InChI is InChI=1S/C11H12NO5P/c13-10(14)6-12(7-11(15)16)8-18(17)9-4-2-1-3-5-9/h1-5H,6-8H2,(H-,13,14,15,16)/p+1. The van der Waals surface area contributed by atoms with E-state index in [1.807, 2.05) is 0 Å². The molecule has 0 spiro atoms. The SMILES string of the molecule is O=C(O)CN(CC(=O)O)C[P+](=O)c1ccccc1. The monoisotopic (exact) mass is 270 g/mol. The predicted octanol–water partition coefficient (Wildman–Crippen LogP) is 0.568. The summed E-state index contributed by atoms with van der Waals surface area (Å²) in [5, 5.41) is 17.9. The molecule has 0 aromatic heterocycles. The molecule has 0 saturated carbocycles. The highest BCUT2D eigenvalue weighted by atomic mass is 31.1. The maximum Gasteiger partial charge on any atom is 0.392 e. The summed E-state index contributed by atoms with van der Waals surface area (Å²) in [6.45, 7) is -0.888. The summed E-state index contributed by atoms with van der Waals surface area (Å²) < 4.78 is 11.9. The lowest BCUT2D eigenvalue weighted by atomic mass is 10.4. The van der Waals surface area contributed by atoms with Gasteiger partial charge in [0.1, 0.15) is 13.1 Å². The minimum Gasteiger partial charge on any atom is -0.480 e. The molecule has 0 heterocycles.